The molecule has 2 atom stereocenters. The summed E-state index contributed by atoms with van der Waals surface area (Å²) in [6.45, 7) is 8.50. The maximum absolute atomic E-state index is 13.4. The second-order valence-electron chi connectivity index (χ2n) is 9.97. The fraction of sp³-hybridized carbons (Fsp3) is 0.667. The molecular weight excluding hydrogens is 383 g/mol. The number of amides is 2. The van der Waals surface area contributed by atoms with Crippen molar-refractivity contribution < 1.29 is 19.1 Å². The van der Waals surface area contributed by atoms with E-state index in [9.17, 15) is 19.1 Å². The molecular formula is C24H35FN2O3. The highest BCUT2D eigenvalue weighted by Gasteiger charge is 2.50. The number of nitrogens with zero attached hydrogens (tertiary/aromatic N) is 1. The lowest BCUT2D eigenvalue weighted by molar-refractivity contribution is -0.157. The van der Waals surface area contributed by atoms with Gasteiger partial charge in [0.25, 0.3) is 0 Å². The van der Waals surface area contributed by atoms with Crippen molar-refractivity contribution >= 4 is 11.8 Å². The summed E-state index contributed by atoms with van der Waals surface area (Å²) in [5.74, 6) is -0.459. The van der Waals surface area contributed by atoms with Crippen molar-refractivity contribution in [3.05, 3.63) is 35.6 Å². The van der Waals surface area contributed by atoms with Crippen LogP contribution in [0.1, 0.15) is 65.4 Å². The van der Waals surface area contributed by atoms with Crippen molar-refractivity contribution in [3.63, 3.8) is 0 Å². The van der Waals surface area contributed by atoms with Gasteiger partial charge in [0.15, 0.2) is 0 Å². The molecule has 1 saturated heterocycles. The number of rotatable bonds is 5. The predicted octanol–water partition coefficient (Wildman–Crippen LogP) is 3.60. The Hall–Kier alpha value is -1.95. The zero-order chi connectivity index (χ0) is 22.1. The Morgan fingerprint density at radius 2 is 1.77 bits per heavy atom. The molecule has 2 aliphatic rings. The van der Waals surface area contributed by atoms with Crippen LogP contribution in [0.2, 0.25) is 0 Å². The first-order chi connectivity index (χ1) is 14.0. The summed E-state index contributed by atoms with van der Waals surface area (Å²) in [7, 11) is 0. The summed E-state index contributed by atoms with van der Waals surface area (Å²) in [5, 5.41) is 14.5. The van der Waals surface area contributed by atoms with Gasteiger partial charge in [-0.3, -0.25) is 9.59 Å². The van der Waals surface area contributed by atoms with E-state index in [0.29, 0.717) is 25.1 Å². The SMILES string of the molecule is CC(C)C(NC(=O)C1CCCC1)C(=O)N1CC[C@@](O)(c2ccc(F)cc2)C(C)(C)C1. The van der Waals surface area contributed by atoms with Gasteiger partial charge < -0.3 is 15.3 Å². The molecule has 5 nitrogen and oxygen atoms in total. The van der Waals surface area contributed by atoms with Crippen molar-refractivity contribution in [2.45, 2.75) is 71.4 Å². The van der Waals surface area contributed by atoms with E-state index >= 15 is 0 Å². The van der Waals surface area contributed by atoms with E-state index in [1.807, 2.05) is 27.7 Å². The highest BCUT2D eigenvalue weighted by Crippen LogP contribution is 2.46. The lowest BCUT2D eigenvalue weighted by Crippen LogP contribution is -2.60. The molecule has 0 aromatic heterocycles. The van der Waals surface area contributed by atoms with E-state index < -0.39 is 17.1 Å². The van der Waals surface area contributed by atoms with Crippen LogP contribution in [0, 0.1) is 23.1 Å². The first-order valence-electron chi connectivity index (χ1n) is 11.1. The summed E-state index contributed by atoms with van der Waals surface area (Å²) < 4.78 is 13.4. The minimum absolute atomic E-state index is 0.0143. The van der Waals surface area contributed by atoms with Crippen molar-refractivity contribution in [3.8, 4) is 0 Å². The molecule has 30 heavy (non-hydrogen) atoms. The minimum atomic E-state index is -1.15. The van der Waals surface area contributed by atoms with Crippen molar-refractivity contribution in [1.82, 2.24) is 10.2 Å². The first kappa shape index (κ1) is 22.7. The quantitative estimate of drug-likeness (QED) is 0.768. The number of piperidine rings is 1. The summed E-state index contributed by atoms with van der Waals surface area (Å²) in [6.07, 6.45) is 4.29. The van der Waals surface area contributed by atoms with Crippen LogP contribution < -0.4 is 5.32 Å². The van der Waals surface area contributed by atoms with Crippen LogP contribution >= 0.6 is 0 Å². The van der Waals surface area contributed by atoms with Crippen molar-refractivity contribution in [2.75, 3.05) is 13.1 Å². The number of carbonyl (C=O) groups excluding carboxylic acids is 2. The normalized spacial score (nSPS) is 25.4. The Balaban J connectivity index is 1.73. The first-order valence-corrected chi connectivity index (χ1v) is 11.1. The zero-order valence-electron chi connectivity index (χ0n) is 18.6. The Morgan fingerprint density at radius 1 is 1.17 bits per heavy atom. The van der Waals surface area contributed by atoms with Gasteiger partial charge >= 0.3 is 0 Å². The third-order valence-corrected chi connectivity index (χ3v) is 7.04. The molecule has 2 amide bonds. The van der Waals surface area contributed by atoms with Gasteiger partial charge in [0.1, 0.15) is 11.9 Å². The second kappa shape index (κ2) is 8.66. The molecule has 2 N–H and O–H groups in total. The summed E-state index contributed by atoms with van der Waals surface area (Å²) in [6, 6.07) is 5.38. The van der Waals surface area contributed by atoms with Crippen LogP contribution in [0.25, 0.3) is 0 Å². The molecule has 166 valence electrons. The van der Waals surface area contributed by atoms with Gasteiger partial charge in [0.2, 0.25) is 11.8 Å². The lowest BCUT2D eigenvalue weighted by Gasteiger charge is -2.51. The largest absolute Gasteiger partial charge is 0.384 e. The zero-order valence-corrected chi connectivity index (χ0v) is 18.6. The van der Waals surface area contributed by atoms with E-state index in [1.54, 1.807) is 17.0 Å². The third kappa shape index (κ3) is 4.39. The predicted molar refractivity (Wildman–Crippen MR) is 114 cm³/mol. The lowest BCUT2D eigenvalue weighted by atomic mass is 9.66. The van der Waals surface area contributed by atoms with Gasteiger partial charge in [0.05, 0.1) is 5.60 Å². The fourth-order valence-electron chi connectivity index (χ4n) is 4.94. The van der Waals surface area contributed by atoms with Crippen LogP contribution in [0.5, 0.6) is 0 Å². The summed E-state index contributed by atoms with van der Waals surface area (Å²) in [4.78, 5) is 27.7. The highest BCUT2D eigenvalue weighted by atomic mass is 19.1. The standard InChI is InChI=1S/C24H35FN2O3/c1-16(2)20(26-21(28)17-7-5-6-8-17)22(29)27-14-13-24(30,23(3,4)15-27)18-9-11-19(25)12-10-18/h9-12,16-17,20,30H,5-8,13-15H2,1-4H3,(H,26,28)/t20?,24-/m1/s1. The van der Waals surface area contributed by atoms with Crippen LogP contribution in [0.4, 0.5) is 4.39 Å². The maximum Gasteiger partial charge on any atom is 0.245 e. The molecule has 1 saturated carbocycles. The van der Waals surface area contributed by atoms with Gasteiger partial charge in [-0.25, -0.2) is 4.39 Å². The molecule has 1 aromatic rings. The Morgan fingerprint density at radius 3 is 2.30 bits per heavy atom. The van der Waals surface area contributed by atoms with Crippen LogP contribution in [-0.4, -0.2) is 41.0 Å². The molecule has 1 aromatic carbocycles. The Labute approximate surface area is 179 Å². The minimum Gasteiger partial charge on any atom is -0.384 e. The van der Waals surface area contributed by atoms with Gasteiger partial charge in [-0.2, -0.15) is 0 Å². The van der Waals surface area contributed by atoms with Gasteiger partial charge in [-0.05, 0) is 42.9 Å². The number of hydrogen-bond acceptors (Lipinski definition) is 3. The molecule has 0 bridgehead atoms. The summed E-state index contributed by atoms with van der Waals surface area (Å²) >= 11 is 0. The van der Waals surface area contributed by atoms with Gasteiger partial charge in [-0.15, -0.1) is 0 Å². The van der Waals surface area contributed by atoms with E-state index in [0.717, 1.165) is 25.7 Å². The van der Waals surface area contributed by atoms with E-state index in [-0.39, 0.29) is 29.5 Å². The molecule has 2 fully saturated rings. The van der Waals surface area contributed by atoms with Crippen LogP contribution in [0.15, 0.2) is 24.3 Å². The van der Waals surface area contributed by atoms with E-state index in [2.05, 4.69) is 5.32 Å². The van der Waals surface area contributed by atoms with Crippen molar-refractivity contribution in [2.24, 2.45) is 17.3 Å². The van der Waals surface area contributed by atoms with Crippen molar-refractivity contribution in [1.29, 1.82) is 0 Å². The molecule has 1 aliphatic heterocycles. The third-order valence-electron chi connectivity index (χ3n) is 7.04. The molecule has 0 spiro atoms. The molecule has 1 aliphatic carbocycles. The average Bonchev–Trinajstić information content (AvgIpc) is 3.22. The highest BCUT2D eigenvalue weighted by molar-refractivity contribution is 5.89. The Bertz CT molecular complexity index is 771. The number of likely N-dealkylation sites (tertiary alicyclic amines) is 1. The van der Waals surface area contributed by atoms with Crippen LogP contribution in [0.3, 0.4) is 0 Å². The molecule has 1 unspecified atom stereocenters. The topological polar surface area (TPSA) is 69.6 Å². The number of nitrogens with one attached hydrogen (secondary N) is 1. The number of benzene rings is 1. The van der Waals surface area contributed by atoms with Gasteiger partial charge in [-0.1, -0.05) is 52.7 Å². The van der Waals surface area contributed by atoms with Gasteiger partial charge in [0, 0.05) is 24.4 Å². The summed E-state index contributed by atoms with van der Waals surface area (Å²) in [5.41, 5.74) is -1.12. The van der Waals surface area contributed by atoms with Crippen LogP contribution in [-0.2, 0) is 15.2 Å². The fourth-order valence-corrected chi connectivity index (χ4v) is 4.94. The number of halogens is 1. The molecule has 6 heteroatoms. The molecule has 1 heterocycles. The molecule has 3 rings (SSSR count). The van der Waals surface area contributed by atoms with E-state index in [4.69, 9.17) is 0 Å². The molecule has 0 radical (unpaired) electrons. The monoisotopic (exact) mass is 418 g/mol. The second-order valence-corrected chi connectivity index (χ2v) is 9.97. The number of hydrogen-bond donors (Lipinski definition) is 2. The smallest absolute Gasteiger partial charge is 0.245 e. The Kier molecular flexibility index (Phi) is 6.56. The maximum atomic E-state index is 13.4. The average molecular weight is 419 g/mol. The van der Waals surface area contributed by atoms with E-state index in [1.165, 1.54) is 12.1 Å². The number of aliphatic hydroxyl groups is 1. The number of carbonyl (C=O) groups is 2.